The van der Waals surface area contributed by atoms with Gasteiger partial charge in [0.2, 0.25) is 0 Å². The predicted octanol–water partition coefficient (Wildman–Crippen LogP) is 2.28. The van der Waals surface area contributed by atoms with E-state index in [9.17, 15) is 0 Å². The SMILES string of the molecule is CCN1CCC(c2nc3cccnc3n2CCCOC)C1. The van der Waals surface area contributed by atoms with Gasteiger partial charge in [-0.05, 0) is 38.1 Å². The van der Waals surface area contributed by atoms with Gasteiger partial charge in [0.1, 0.15) is 11.3 Å². The Morgan fingerprint density at radius 2 is 2.33 bits per heavy atom. The monoisotopic (exact) mass is 288 g/mol. The average Bonchev–Trinajstić information content (AvgIpc) is 3.12. The number of pyridine rings is 1. The van der Waals surface area contributed by atoms with Gasteiger partial charge < -0.3 is 14.2 Å². The van der Waals surface area contributed by atoms with Crippen LogP contribution < -0.4 is 0 Å². The molecule has 114 valence electrons. The molecule has 3 heterocycles. The lowest BCUT2D eigenvalue weighted by atomic mass is 10.1. The van der Waals surface area contributed by atoms with Gasteiger partial charge in [0, 0.05) is 38.9 Å². The average molecular weight is 288 g/mol. The molecule has 3 rings (SSSR count). The van der Waals surface area contributed by atoms with E-state index in [1.165, 1.54) is 18.8 Å². The summed E-state index contributed by atoms with van der Waals surface area (Å²) >= 11 is 0. The van der Waals surface area contributed by atoms with Crippen LogP contribution in [0.1, 0.15) is 31.5 Å². The summed E-state index contributed by atoms with van der Waals surface area (Å²) in [6.07, 6.45) is 4.05. The van der Waals surface area contributed by atoms with E-state index in [1.807, 2.05) is 12.3 Å². The van der Waals surface area contributed by atoms with Gasteiger partial charge in [-0.15, -0.1) is 0 Å². The standard InChI is InChI=1S/C16H24N4O/c1-3-19-10-7-13(12-19)15-18-14-6-4-8-17-16(14)20(15)9-5-11-21-2/h4,6,8,13H,3,5,7,9-12H2,1-2H3. The fourth-order valence-corrected chi connectivity index (χ4v) is 3.21. The van der Waals surface area contributed by atoms with Crippen LogP contribution in [-0.4, -0.2) is 52.8 Å². The summed E-state index contributed by atoms with van der Waals surface area (Å²) in [7, 11) is 1.75. The maximum atomic E-state index is 5.19. The molecule has 0 N–H and O–H groups in total. The fraction of sp³-hybridized carbons (Fsp3) is 0.625. The van der Waals surface area contributed by atoms with Crippen LogP contribution in [0, 0.1) is 0 Å². The van der Waals surface area contributed by atoms with Gasteiger partial charge in [-0.25, -0.2) is 9.97 Å². The summed E-state index contributed by atoms with van der Waals surface area (Å²) in [5.74, 6) is 1.73. The highest BCUT2D eigenvalue weighted by Crippen LogP contribution is 2.28. The van der Waals surface area contributed by atoms with Crippen molar-refractivity contribution in [2.75, 3.05) is 33.4 Å². The first-order chi connectivity index (χ1) is 10.3. The van der Waals surface area contributed by atoms with Crippen LogP contribution in [0.3, 0.4) is 0 Å². The normalized spacial score (nSPS) is 19.6. The van der Waals surface area contributed by atoms with Gasteiger partial charge in [-0.3, -0.25) is 0 Å². The van der Waals surface area contributed by atoms with Gasteiger partial charge in [-0.2, -0.15) is 0 Å². The Morgan fingerprint density at radius 3 is 3.10 bits per heavy atom. The van der Waals surface area contributed by atoms with Gasteiger partial charge >= 0.3 is 0 Å². The first kappa shape index (κ1) is 14.5. The van der Waals surface area contributed by atoms with E-state index in [2.05, 4.69) is 27.4 Å². The number of ether oxygens (including phenoxy) is 1. The maximum absolute atomic E-state index is 5.19. The Hall–Kier alpha value is -1.46. The van der Waals surface area contributed by atoms with Crippen molar-refractivity contribution in [1.82, 2.24) is 19.4 Å². The number of aromatic nitrogens is 3. The highest BCUT2D eigenvalue weighted by molar-refractivity contribution is 5.71. The molecule has 21 heavy (non-hydrogen) atoms. The summed E-state index contributed by atoms with van der Waals surface area (Å²) in [5.41, 5.74) is 2.03. The summed E-state index contributed by atoms with van der Waals surface area (Å²) < 4.78 is 7.49. The largest absolute Gasteiger partial charge is 0.385 e. The number of aryl methyl sites for hydroxylation is 1. The minimum absolute atomic E-state index is 0.529. The van der Waals surface area contributed by atoms with Crippen molar-refractivity contribution in [2.24, 2.45) is 0 Å². The Kier molecular flexibility index (Phi) is 4.51. The molecule has 1 unspecified atom stereocenters. The molecule has 1 fully saturated rings. The molecule has 0 radical (unpaired) electrons. The number of hydrogen-bond donors (Lipinski definition) is 0. The van der Waals surface area contributed by atoms with E-state index in [1.54, 1.807) is 7.11 Å². The van der Waals surface area contributed by atoms with Crippen molar-refractivity contribution in [3.8, 4) is 0 Å². The number of hydrogen-bond acceptors (Lipinski definition) is 4. The zero-order valence-corrected chi connectivity index (χ0v) is 13.0. The van der Waals surface area contributed by atoms with Gasteiger partial charge in [0.15, 0.2) is 5.65 Å². The molecule has 5 heteroatoms. The lowest BCUT2D eigenvalue weighted by Crippen LogP contribution is -2.20. The Morgan fingerprint density at radius 1 is 1.43 bits per heavy atom. The summed E-state index contributed by atoms with van der Waals surface area (Å²) in [5, 5.41) is 0. The smallest absolute Gasteiger partial charge is 0.159 e. The molecule has 0 aliphatic carbocycles. The Balaban J connectivity index is 1.90. The molecule has 0 bridgehead atoms. The van der Waals surface area contributed by atoms with Crippen LogP contribution in [0.25, 0.3) is 11.2 Å². The molecular weight excluding hydrogens is 264 g/mol. The summed E-state index contributed by atoms with van der Waals surface area (Å²) in [6.45, 7) is 7.35. The minimum atomic E-state index is 0.529. The van der Waals surface area contributed by atoms with Crippen molar-refractivity contribution < 1.29 is 4.74 Å². The second kappa shape index (κ2) is 6.54. The molecular formula is C16H24N4O. The fourth-order valence-electron chi connectivity index (χ4n) is 3.21. The van der Waals surface area contributed by atoms with Crippen molar-refractivity contribution in [1.29, 1.82) is 0 Å². The van der Waals surface area contributed by atoms with Crippen molar-refractivity contribution >= 4 is 11.2 Å². The summed E-state index contributed by atoms with van der Waals surface area (Å²) in [4.78, 5) is 11.9. The van der Waals surface area contributed by atoms with Crippen molar-refractivity contribution in [3.63, 3.8) is 0 Å². The van der Waals surface area contributed by atoms with Crippen LogP contribution in [0.5, 0.6) is 0 Å². The predicted molar refractivity (Wildman–Crippen MR) is 83.5 cm³/mol. The van der Waals surface area contributed by atoms with Gasteiger partial charge in [-0.1, -0.05) is 6.92 Å². The number of likely N-dealkylation sites (N-methyl/N-ethyl adjacent to an activating group) is 1. The minimum Gasteiger partial charge on any atom is -0.385 e. The molecule has 5 nitrogen and oxygen atoms in total. The topological polar surface area (TPSA) is 43.2 Å². The molecule has 2 aromatic heterocycles. The molecule has 1 saturated heterocycles. The van der Waals surface area contributed by atoms with Gasteiger partial charge in [0.05, 0.1) is 0 Å². The maximum Gasteiger partial charge on any atom is 0.159 e. The van der Waals surface area contributed by atoms with E-state index in [-0.39, 0.29) is 0 Å². The number of nitrogens with zero attached hydrogens (tertiary/aromatic N) is 4. The third kappa shape index (κ3) is 2.94. The first-order valence-electron chi connectivity index (χ1n) is 7.86. The van der Waals surface area contributed by atoms with Crippen LogP contribution in [-0.2, 0) is 11.3 Å². The highest BCUT2D eigenvalue weighted by Gasteiger charge is 2.27. The molecule has 2 aromatic rings. The zero-order chi connectivity index (χ0) is 14.7. The number of fused-ring (bicyclic) bond motifs is 1. The van der Waals surface area contributed by atoms with Crippen LogP contribution in [0.2, 0.25) is 0 Å². The third-order valence-corrected chi connectivity index (χ3v) is 4.35. The number of imidazole rings is 1. The van der Waals surface area contributed by atoms with Gasteiger partial charge in [0.25, 0.3) is 0 Å². The van der Waals surface area contributed by atoms with E-state index in [4.69, 9.17) is 9.72 Å². The van der Waals surface area contributed by atoms with Crippen molar-refractivity contribution in [2.45, 2.75) is 32.2 Å². The molecule has 0 spiro atoms. The number of likely N-dealkylation sites (tertiary alicyclic amines) is 1. The van der Waals surface area contributed by atoms with Crippen LogP contribution >= 0.6 is 0 Å². The molecule has 1 atom stereocenters. The quantitative estimate of drug-likeness (QED) is 0.765. The van der Waals surface area contributed by atoms with E-state index in [0.717, 1.165) is 43.8 Å². The Bertz CT molecular complexity index is 595. The second-order valence-electron chi connectivity index (χ2n) is 5.69. The molecule has 0 aromatic carbocycles. The van der Waals surface area contributed by atoms with E-state index >= 15 is 0 Å². The Labute approximate surface area is 125 Å². The molecule has 1 aliphatic rings. The molecule has 0 saturated carbocycles. The third-order valence-electron chi connectivity index (χ3n) is 4.35. The molecule has 0 amide bonds. The van der Waals surface area contributed by atoms with Crippen molar-refractivity contribution in [3.05, 3.63) is 24.2 Å². The lowest BCUT2D eigenvalue weighted by Gasteiger charge is -2.15. The zero-order valence-electron chi connectivity index (χ0n) is 13.0. The first-order valence-corrected chi connectivity index (χ1v) is 7.86. The second-order valence-corrected chi connectivity index (χ2v) is 5.69. The van der Waals surface area contributed by atoms with Crippen LogP contribution in [0.4, 0.5) is 0 Å². The number of methoxy groups -OCH3 is 1. The number of rotatable bonds is 6. The molecule has 1 aliphatic heterocycles. The summed E-state index contributed by atoms with van der Waals surface area (Å²) in [6, 6.07) is 4.02. The van der Waals surface area contributed by atoms with Crippen LogP contribution in [0.15, 0.2) is 18.3 Å². The van der Waals surface area contributed by atoms with E-state index < -0.39 is 0 Å². The van der Waals surface area contributed by atoms with E-state index in [0.29, 0.717) is 5.92 Å². The highest BCUT2D eigenvalue weighted by atomic mass is 16.5. The lowest BCUT2D eigenvalue weighted by molar-refractivity contribution is 0.190.